The molecule has 112 valence electrons. The van der Waals surface area contributed by atoms with Gasteiger partial charge in [0.25, 0.3) is 0 Å². The highest BCUT2D eigenvalue weighted by atomic mass is 14.2. The van der Waals surface area contributed by atoms with E-state index < -0.39 is 0 Å². The van der Waals surface area contributed by atoms with E-state index in [0.717, 1.165) is 11.1 Å². The van der Waals surface area contributed by atoms with Crippen LogP contribution in [0.5, 0.6) is 0 Å². The molecule has 3 aromatic rings. The molecule has 0 nitrogen and oxygen atoms in total. The quantitative estimate of drug-likeness (QED) is 0.387. The van der Waals surface area contributed by atoms with E-state index in [9.17, 15) is 0 Å². The Balaban J connectivity index is 0.000000410. The van der Waals surface area contributed by atoms with Gasteiger partial charge in [0.15, 0.2) is 0 Å². The maximum atomic E-state index is 4.18. The highest BCUT2D eigenvalue weighted by Crippen LogP contribution is 2.45. The van der Waals surface area contributed by atoms with Crippen molar-refractivity contribution in [2.24, 2.45) is 0 Å². The Labute approximate surface area is 133 Å². The molecule has 0 spiro atoms. The van der Waals surface area contributed by atoms with Crippen molar-refractivity contribution in [1.82, 2.24) is 0 Å². The lowest BCUT2D eigenvalue weighted by atomic mass is 9.97. The van der Waals surface area contributed by atoms with Crippen molar-refractivity contribution < 1.29 is 0 Å². The third kappa shape index (κ3) is 2.25. The summed E-state index contributed by atoms with van der Waals surface area (Å²) in [6.07, 6.45) is 0. The summed E-state index contributed by atoms with van der Waals surface area (Å²) in [4.78, 5) is 0. The van der Waals surface area contributed by atoms with Crippen molar-refractivity contribution in [3.8, 4) is 0 Å². The van der Waals surface area contributed by atoms with E-state index in [-0.39, 0.29) is 0 Å². The van der Waals surface area contributed by atoms with Gasteiger partial charge >= 0.3 is 0 Å². The maximum absolute atomic E-state index is 4.18. The Morgan fingerprint density at radius 3 is 1.95 bits per heavy atom. The zero-order chi connectivity index (χ0) is 16.3. The zero-order valence-electron chi connectivity index (χ0n) is 14.0. The molecule has 0 saturated carbocycles. The van der Waals surface area contributed by atoms with E-state index in [1.165, 1.54) is 32.7 Å². The molecule has 3 aromatic carbocycles. The van der Waals surface area contributed by atoms with Crippen molar-refractivity contribution in [2.45, 2.75) is 27.7 Å². The van der Waals surface area contributed by atoms with Crippen LogP contribution in [0.4, 0.5) is 0 Å². The summed E-state index contributed by atoms with van der Waals surface area (Å²) in [5, 5.41) is 5.19. The van der Waals surface area contributed by atoms with Gasteiger partial charge in [-0.25, -0.2) is 0 Å². The molecule has 0 aliphatic heterocycles. The highest BCUT2D eigenvalue weighted by molar-refractivity contribution is 6.26. The minimum atomic E-state index is 1.06. The second-order valence-corrected chi connectivity index (χ2v) is 4.83. The van der Waals surface area contributed by atoms with E-state index in [2.05, 4.69) is 61.7 Å². The van der Waals surface area contributed by atoms with Crippen LogP contribution in [-0.4, -0.2) is 0 Å². The van der Waals surface area contributed by atoms with E-state index in [4.69, 9.17) is 0 Å². The van der Waals surface area contributed by atoms with Crippen LogP contribution in [0.25, 0.3) is 32.7 Å². The second kappa shape index (κ2) is 6.62. The standard InChI is InChI=1S/C18H12.2C2H6/c1-11-12(2)17-10-13-6-3-4-7-15(13)16-9-5-8-14(11)18(16)17;2*1-2/h3-10H,1-2H2;2*1-2H3. The second-order valence-electron chi connectivity index (χ2n) is 4.83. The summed E-state index contributed by atoms with van der Waals surface area (Å²) in [5.41, 5.74) is 4.60. The minimum Gasteiger partial charge on any atom is -0.0905 e. The van der Waals surface area contributed by atoms with Crippen molar-refractivity contribution in [3.05, 3.63) is 72.8 Å². The Kier molecular flexibility index (Phi) is 4.82. The van der Waals surface area contributed by atoms with Crippen molar-refractivity contribution in [2.75, 3.05) is 0 Å². The summed E-state index contributed by atoms with van der Waals surface area (Å²) >= 11 is 0. The molecular weight excluding hydrogens is 264 g/mol. The molecule has 0 amide bonds. The van der Waals surface area contributed by atoms with Crippen LogP contribution in [0.15, 0.2) is 61.7 Å². The molecule has 1 aliphatic carbocycles. The summed E-state index contributed by atoms with van der Waals surface area (Å²) < 4.78 is 0. The minimum absolute atomic E-state index is 1.06. The number of hydrogen-bond acceptors (Lipinski definition) is 0. The first kappa shape index (κ1) is 16.0. The lowest BCUT2D eigenvalue weighted by molar-refractivity contribution is 1.50. The Morgan fingerprint density at radius 2 is 1.23 bits per heavy atom. The van der Waals surface area contributed by atoms with Crippen LogP contribution in [-0.2, 0) is 0 Å². The Bertz CT molecular complexity index is 850. The monoisotopic (exact) mass is 288 g/mol. The number of rotatable bonds is 0. The molecule has 0 aromatic heterocycles. The highest BCUT2D eigenvalue weighted by Gasteiger charge is 2.21. The van der Waals surface area contributed by atoms with Crippen LogP contribution in [0.1, 0.15) is 38.8 Å². The zero-order valence-corrected chi connectivity index (χ0v) is 14.0. The third-order valence-corrected chi connectivity index (χ3v) is 3.90. The summed E-state index contributed by atoms with van der Waals surface area (Å²) in [6, 6.07) is 17.2. The topological polar surface area (TPSA) is 0 Å². The molecule has 0 unspecified atom stereocenters. The molecule has 0 radical (unpaired) electrons. The van der Waals surface area contributed by atoms with Gasteiger partial charge < -0.3 is 0 Å². The molecule has 0 saturated heterocycles. The molecule has 4 rings (SSSR count). The predicted octanol–water partition coefficient (Wildman–Crippen LogP) is 7.09. The largest absolute Gasteiger partial charge is 0.0905 e. The number of benzene rings is 3. The van der Waals surface area contributed by atoms with Crippen LogP contribution >= 0.6 is 0 Å². The van der Waals surface area contributed by atoms with Gasteiger partial charge in [0.05, 0.1) is 0 Å². The first-order valence-electron chi connectivity index (χ1n) is 8.11. The van der Waals surface area contributed by atoms with Crippen molar-refractivity contribution >= 4 is 32.7 Å². The van der Waals surface area contributed by atoms with Crippen LogP contribution < -0.4 is 0 Å². The molecule has 0 atom stereocenters. The van der Waals surface area contributed by atoms with Crippen molar-refractivity contribution in [1.29, 1.82) is 0 Å². The van der Waals surface area contributed by atoms with Crippen LogP contribution in [0, 0.1) is 0 Å². The normalized spacial score (nSPS) is 11.8. The molecule has 0 heterocycles. The lowest BCUT2D eigenvalue weighted by Crippen LogP contribution is -1.81. The summed E-state index contributed by atoms with van der Waals surface area (Å²) in [7, 11) is 0. The van der Waals surface area contributed by atoms with E-state index in [1.54, 1.807) is 0 Å². The fraction of sp³-hybridized carbons (Fsp3) is 0.182. The van der Waals surface area contributed by atoms with Gasteiger partial charge in [-0.2, -0.15) is 0 Å². The molecular formula is C22H24. The fourth-order valence-electron chi connectivity index (χ4n) is 2.98. The molecule has 1 aliphatic rings. The van der Waals surface area contributed by atoms with E-state index in [0.29, 0.717) is 0 Å². The molecule has 0 bridgehead atoms. The van der Waals surface area contributed by atoms with Gasteiger partial charge in [-0.3, -0.25) is 0 Å². The Morgan fingerprint density at radius 1 is 0.636 bits per heavy atom. The molecule has 22 heavy (non-hydrogen) atoms. The predicted molar refractivity (Wildman–Crippen MR) is 102 cm³/mol. The number of hydrogen-bond donors (Lipinski definition) is 0. The third-order valence-electron chi connectivity index (χ3n) is 3.90. The summed E-state index contributed by atoms with van der Waals surface area (Å²) in [6.45, 7) is 16.3. The summed E-state index contributed by atoms with van der Waals surface area (Å²) in [5.74, 6) is 0. The van der Waals surface area contributed by atoms with Gasteiger partial charge in [0.2, 0.25) is 0 Å². The van der Waals surface area contributed by atoms with Gasteiger partial charge in [-0.1, -0.05) is 83.3 Å². The lowest BCUT2D eigenvalue weighted by Gasteiger charge is -2.06. The fourth-order valence-corrected chi connectivity index (χ4v) is 2.98. The number of allylic oxidation sites excluding steroid dienone is 2. The van der Waals surface area contributed by atoms with Crippen LogP contribution in [0.3, 0.4) is 0 Å². The smallest absolute Gasteiger partial charge is 0.00204 e. The van der Waals surface area contributed by atoms with Gasteiger partial charge in [-0.15, -0.1) is 0 Å². The van der Waals surface area contributed by atoms with Crippen molar-refractivity contribution in [3.63, 3.8) is 0 Å². The Hall–Kier alpha value is -2.34. The average Bonchev–Trinajstić information content (AvgIpc) is 2.85. The van der Waals surface area contributed by atoms with Crippen LogP contribution in [0.2, 0.25) is 0 Å². The first-order valence-corrected chi connectivity index (χ1v) is 8.11. The van der Waals surface area contributed by atoms with Gasteiger partial charge in [0.1, 0.15) is 0 Å². The van der Waals surface area contributed by atoms with E-state index in [1.807, 2.05) is 27.7 Å². The molecule has 0 heteroatoms. The van der Waals surface area contributed by atoms with Gasteiger partial charge in [-0.05, 0) is 49.9 Å². The molecule has 0 N–H and O–H groups in total. The first-order chi connectivity index (χ1) is 10.8. The molecule has 0 fully saturated rings. The van der Waals surface area contributed by atoms with Gasteiger partial charge in [0, 0.05) is 0 Å². The maximum Gasteiger partial charge on any atom is -0.00204 e. The SMILES string of the molecule is C=C1C(=C)c2cc3ccccc3c3cccc1c23.CC.CC. The average molecular weight is 288 g/mol. The number of fused-ring (bicyclic) bond motifs is 2. The van der Waals surface area contributed by atoms with E-state index >= 15 is 0 Å².